The number of phenols is 2. The van der Waals surface area contributed by atoms with Gasteiger partial charge in [-0.15, -0.1) is 0 Å². The van der Waals surface area contributed by atoms with Gasteiger partial charge in [0.25, 0.3) is 0 Å². The maximum Gasteiger partial charge on any atom is 0.311 e. The zero-order valence-corrected chi connectivity index (χ0v) is 25.2. The van der Waals surface area contributed by atoms with Gasteiger partial charge in [0.1, 0.15) is 17.2 Å². The van der Waals surface area contributed by atoms with E-state index in [4.69, 9.17) is 4.74 Å². The van der Waals surface area contributed by atoms with Crippen molar-refractivity contribution in [3.8, 4) is 17.2 Å². The molecule has 0 fully saturated rings. The lowest BCUT2D eigenvalue weighted by molar-refractivity contribution is -0.134. The van der Waals surface area contributed by atoms with Gasteiger partial charge in [0, 0.05) is 18.1 Å². The molecule has 0 atom stereocenters. The Morgan fingerprint density at radius 3 is 1.85 bits per heavy atom. The first-order valence-corrected chi connectivity index (χ1v) is 15.7. The summed E-state index contributed by atoms with van der Waals surface area (Å²) in [7, 11) is 0. The van der Waals surface area contributed by atoms with E-state index in [1.54, 1.807) is 18.2 Å². The van der Waals surface area contributed by atoms with Crippen molar-refractivity contribution >= 4 is 17.1 Å². The van der Waals surface area contributed by atoms with E-state index in [1.807, 2.05) is 18.2 Å². The lowest BCUT2D eigenvalue weighted by Gasteiger charge is -2.16. The van der Waals surface area contributed by atoms with Crippen molar-refractivity contribution in [2.75, 3.05) is 0 Å². The standard InChI is InChI=1S/C36H52O4/c1-4-7-8-9-10-11-12-13-14-15-16-17-18-19-20-21-36(39)40-31-26-27-34(35(38)28-31)33(6-3)32(5-2)29-22-24-30(37)25-23-29/h13-14,22-28,37-38H,4-12,15-21H2,1-3H3. The smallest absolute Gasteiger partial charge is 0.311 e. The molecule has 2 aromatic carbocycles. The number of hydrogen-bond acceptors (Lipinski definition) is 4. The molecule has 0 saturated carbocycles. The van der Waals surface area contributed by atoms with Crippen LogP contribution in [0.15, 0.2) is 54.6 Å². The predicted molar refractivity (Wildman–Crippen MR) is 169 cm³/mol. The highest BCUT2D eigenvalue weighted by Gasteiger charge is 2.14. The highest BCUT2D eigenvalue weighted by molar-refractivity contribution is 5.92. The molecule has 0 saturated heterocycles. The second-order valence-electron chi connectivity index (χ2n) is 10.7. The van der Waals surface area contributed by atoms with Crippen molar-refractivity contribution in [2.45, 2.75) is 124 Å². The molecule has 0 spiro atoms. The van der Waals surface area contributed by atoms with E-state index >= 15 is 0 Å². The molecule has 0 amide bonds. The van der Waals surface area contributed by atoms with Crippen LogP contribution in [0.3, 0.4) is 0 Å². The van der Waals surface area contributed by atoms with E-state index in [1.165, 1.54) is 63.9 Å². The number of hydrogen-bond donors (Lipinski definition) is 2. The quantitative estimate of drug-likeness (QED) is 0.0568. The minimum Gasteiger partial charge on any atom is -0.508 e. The highest BCUT2D eigenvalue weighted by atomic mass is 16.5. The molecule has 2 aromatic rings. The Labute approximate surface area is 243 Å². The fourth-order valence-corrected chi connectivity index (χ4v) is 5.17. The third kappa shape index (κ3) is 12.4. The van der Waals surface area contributed by atoms with Crippen molar-refractivity contribution < 1.29 is 19.7 Å². The predicted octanol–water partition coefficient (Wildman–Crippen LogP) is 10.8. The number of ether oxygens (including phenoxy) is 1. The van der Waals surface area contributed by atoms with Crippen LogP contribution in [0.4, 0.5) is 0 Å². The molecular formula is C36H52O4. The van der Waals surface area contributed by atoms with Gasteiger partial charge < -0.3 is 14.9 Å². The van der Waals surface area contributed by atoms with Gasteiger partial charge in [-0.25, -0.2) is 0 Å². The summed E-state index contributed by atoms with van der Waals surface area (Å²) in [5.74, 6) is 0.451. The molecule has 40 heavy (non-hydrogen) atoms. The molecule has 0 aliphatic heterocycles. The Morgan fingerprint density at radius 2 is 1.27 bits per heavy atom. The van der Waals surface area contributed by atoms with Crippen LogP contribution in [0.2, 0.25) is 0 Å². The lowest BCUT2D eigenvalue weighted by Crippen LogP contribution is -2.07. The fourth-order valence-electron chi connectivity index (χ4n) is 5.17. The summed E-state index contributed by atoms with van der Waals surface area (Å²) in [6, 6.07) is 12.3. The van der Waals surface area contributed by atoms with Crippen LogP contribution in [-0.2, 0) is 4.79 Å². The van der Waals surface area contributed by atoms with Crippen molar-refractivity contribution in [1.29, 1.82) is 0 Å². The van der Waals surface area contributed by atoms with Crippen LogP contribution in [0.1, 0.15) is 135 Å². The molecule has 0 unspecified atom stereocenters. The van der Waals surface area contributed by atoms with E-state index in [-0.39, 0.29) is 17.5 Å². The molecule has 0 aromatic heterocycles. The van der Waals surface area contributed by atoms with Gasteiger partial charge in [-0.3, -0.25) is 4.79 Å². The summed E-state index contributed by atoms with van der Waals surface area (Å²) in [6.45, 7) is 6.41. The van der Waals surface area contributed by atoms with E-state index in [9.17, 15) is 15.0 Å². The molecule has 4 nitrogen and oxygen atoms in total. The van der Waals surface area contributed by atoms with Gasteiger partial charge >= 0.3 is 5.97 Å². The Morgan fingerprint density at radius 1 is 0.700 bits per heavy atom. The average molecular weight is 549 g/mol. The van der Waals surface area contributed by atoms with E-state index in [0.29, 0.717) is 12.2 Å². The minimum absolute atomic E-state index is 0.105. The number of phenolic OH excluding ortho intramolecular Hbond substituents is 2. The van der Waals surface area contributed by atoms with E-state index in [0.717, 1.165) is 60.8 Å². The Bertz CT molecular complexity index is 1050. The number of carbonyl (C=O) groups excluding carboxylic acids is 1. The summed E-state index contributed by atoms with van der Waals surface area (Å²) in [4.78, 5) is 12.4. The van der Waals surface area contributed by atoms with Crippen LogP contribution in [-0.4, -0.2) is 16.2 Å². The largest absolute Gasteiger partial charge is 0.508 e. The van der Waals surface area contributed by atoms with E-state index < -0.39 is 0 Å². The first-order chi connectivity index (χ1) is 19.5. The molecule has 220 valence electrons. The second kappa shape index (κ2) is 20.0. The normalized spacial score (nSPS) is 12.1. The van der Waals surface area contributed by atoms with Crippen molar-refractivity contribution in [3.05, 3.63) is 65.7 Å². The van der Waals surface area contributed by atoms with Crippen molar-refractivity contribution in [2.24, 2.45) is 0 Å². The molecule has 0 aliphatic rings. The average Bonchev–Trinajstić information content (AvgIpc) is 2.95. The van der Waals surface area contributed by atoms with Crippen LogP contribution in [0.25, 0.3) is 11.1 Å². The Balaban J connectivity index is 1.70. The first kappa shape index (κ1) is 33.2. The third-order valence-electron chi connectivity index (χ3n) is 7.46. The number of esters is 1. The van der Waals surface area contributed by atoms with Gasteiger partial charge in [0.15, 0.2) is 0 Å². The molecule has 4 heteroatoms. The molecule has 0 radical (unpaired) electrons. The molecule has 0 aliphatic carbocycles. The third-order valence-corrected chi connectivity index (χ3v) is 7.46. The maximum atomic E-state index is 12.4. The molecule has 0 bridgehead atoms. The Kier molecular flexibility index (Phi) is 16.6. The van der Waals surface area contributed by atoms with Crippen LogP contribution < -0.4 is 4.74 Å². The summed E-state index contributed by atoms with van der Waals surface area (Å²) < 4.78 is 5.52. The summed E-state index contributed by atoms with van der Waals surface area (Å²) in [5, 5.41) is 20.4. The molecule has 0 heterocycles. The van der Waals surface area contributed by atoms with Crippen LogP contribution in [0.5, 0.6) is 17.2 Å². The van der Waals surface area contributed by atoms with Gasteiger partial charge in [0.05, 0.1) is 0 Å². The van der Waals surface area contributed by atoms with Gasteiger partial charge in [-0.2, -0.15) is 0 Å². The zero-order chi connectivity index (χ0) is 29.0. The molecule has 2 rings (SSSR count). The molecule has 2 N–H and O–H groups in total. The minimum atomic E-state index is -0.255. The molecular weight excluding hydrogens is 496 g/mol. The topological polar surface area (TPSA) is 66.8 Å². The van der Waals surface area contributed by atoms with Crippen molar-refractivity contribution in [1.82, 2.24) is 0 Å². The first-order valence-electron chi connectivity index (χ1n) is 15.7. The van der Waals surface area contributed by atoms with E-state index in [2.05, 4.69) is 32.9 Å². The maximum absolute atomic E-state index is 12.4. The lowest BCUT2D eigenvalue weighted by atomic mass is 9.91. The van der Waals surface area contributed by atoms with Crippen molar-refractivity contribution in [3.63, 3.8) is 0 Å². The highest BCUT2D eigenvalue weighted by Crippen LogP contribution is 2.37. The monoisotopic (exact) mass is 548 g/mol. The fraction of sp³-hybridized carbons (Fsp3) is 0.528. The summed E-state index contributed by atoms with van der Waals surface area (Å²) in [6.07, 6.45) is 22.5. The number of allylic oxidation sites excluding steroid dienone is 4. The second-order valence-corrected chi connectivity index (χ2v) is 10.7. The van der Waals surface area contributed by atoms with Gasteiger partial charge in [-0.1, -0.05) is 96.4 Å². The number of carbonyl (C=O) groups is 1. The van der Waals surface area contributed by atoms with Gasteiger partial charge in [-0.05, 0) is 85.9 Å². The number of unbranched alkanes of at least 4 members (excludes halogenated alkanes) is 11. The number of aromatic hydroxyl groups is 2. The zero-order valence-electron chi connectivity index (χ0n) is 25.2. The Hall–Kier alpha value is -3.01. The van der Waals surface area contributed by atoms with Gasteiger partial charge in [0.2, 0.25) is 0 Å². The summed E-state index contributed by atoms with van der Waals surface area (Å²) >= 11 is 0. The van der Waals surface area contributed by atoms with Crippen LogP contribution >= 0.6 is 0 Å². The summed E-state index contributed by atoms with van der Waals surface area (Å²) in [5.41, 5.74) is 3.92. The SMILES string of the molecule is CCCCCCCCC=CCCCCCCCC(=O)Oc1ccc(C(CC)=C(CC)c2ccc(O)cc2)c(O)c1. The number of benzene rings is 2. The van der Waals surface area contributed by atoms with Crippen LogP contribution in [0, 0.1) is 0 Å². The number of rotatable bonds is 20.